The van der Waals surface area contributed by atoms with Crippen LogP contribution in [0, 0.1) is 0 Å². The van der Waals surface area contributed by atoms with E-state index < -0.39 is 28.6 Å². The third kappa shape index (κ3) is 5.57. The van der Waals surface area contributed by atoms with Gasteiger partial charge in [0.25, 0.3) is 5.91 Å². The van der Waals surface area contributed by atoms with Crippen molar-refractivity contribution in [3.8, 4) is 17.2 Å². The highest BCUT2D eigenvalue weighted by Crippen LogP contribution is 2.36. The predicted molar refractivity (Wildman–Crippen MR) is 112 cm³/mol. The molecule has 1 fully saturated rings. The van der Waals surface area contributed by atoms with Crippen LogP contribution in [0.2, 0.25) is 0 Å². The molecule has 180 valence electrons. The number of halogens is 3. The maximum absolute atomic E-state index is 13.2. The second-order valence-electron chi connectivity index (χ2n) is 7.13. The molecule has 1 heterocycles. The first-order valence-corrected chi connectivity index (χ1v) is 11.0. The number of ether oxygens (including phenoxy) is 3. The minimum Gasteiger partial charge on any atom is -0.493 e. The lowest BCUT2D eigenvalue weighted by molar-refractivity contribution is -0.137. The van der Waals surface area contributed by atoms with Crippen LogP contribution in [0.15, 0.2) is 41.3 Å². The average molecular weight is 488 g/mol. The maximum atomic E-state index is 13.2. The molecule has 0 saturated carbocycles. The first kappa shape index (κ1) is 24.8. The lowest BCUT2D eigenvalue weighted by atomic mass is 10.1. The Labute approximate surface area is 190 Å². The molecule has 3 rings (SSSR count). The zero-order valence-corrected chi connectivity index (χ0v) is 18.7. The normalized spacial score (nSPS) is 16.2. The van der Waals surface area contributed by atoms with Crippen molar-refractivity contribution in [2.75, 3.05) is 27.3 Å². The van der Waals surface area contributed by atoms with Crippen molar-refractivity contribution in [1.29, 1.82) is 0 Å². The van der Waals surface area contributed by atoms with Crippen molar-refractivity contribution in [2.45, 2.75) is 30.0 Å². The van der Waals surface area contributed by atoms with Crippen molar-refractivity contribution >= 4 is 16.9 Å². The van der Waals surface area contributed by atoms with Crippen LogP contribution in [0.3, 0.4) is 0 Å². The SMILES string of the molecule is COc1ccc(S(=O)N2CCC(Oc3ccc(C(F)(F)F)cc3)CC2)c(C(=O)NO)c1OC. The van der Waals surface area contributed by atoms with E-state index in [9.17, 15) is 22.2 Å². The molecule has 12 heteroatoms. The van der Waals surface area contributed by atoms with E-state index in [2.05, 4.69) is 0 Å². The van der Waals surface area contributed by atoms with Gasteiger partial charge in [-0.3, -0.25) is 10.0 Å². The van der Waals surface area contributed by atoms with Crippen LogP contribution >= 0.6 is 0 Å². The minimum absolute atomic E-state index is 0.0374. The molecular weight excluding hydrogens is 465 g/mol. The Balaban J connectivity index is 1.70. The minimum atomic E-state index is -4.41. The van der Waals surface area contributed by atoms with Gasteiger partial charge in [0.15, 0.2) is 11.5 Å². The van der Waals surface area contributed by atoms with Gasteiger partial charge >= 0.3 is 6.18 Å². The number of nitrogens with one attached hydrogen (secondary N) is 1. The number of benzene rings is 2. The lowest BCUT2D eigenvalue weighted by Gasteiger charge is -2.31. The molecule has 33 heavy (non-hydrogen) atoms. The molecule has 8 nitrogen and oxygen atoms in total. The van der Waals surface area contributed by atoms with Crippen LogP contribution in [0.5, 0.6) is 17.2 Å². The number of carbonyl (C=O) groups excluding carboxylic acids is 1. The topological polar surface area (TPSA) is 97.3 Å². The summed E-state index contributed by atoms with van der Waals surface area (Å²) in [5, 5.41) is 9.14. The van der Waals surface area contributed by atoms with Crippen LogP contribution in [-0.2, 0) is 17.2 Å². The fourth-order valence-corrected chi connectivity index (χ4v) is 4.86. The number of piperidine rings is 1. The molecule has 0 bridgehead atoms. The largest absolute Gasteiger partial charge is 0.493 e. The van der Waals surface area contributed by atoms with E-state index in [1.54, 1.807) is 4.31 Å². The first-order chi connectivity index (χ1) is 15.7. The Morgan fingerprint density at radius 3 is 2.24 bits per heavy atom. The summed E-state index contributed by atoms with van der Waals surface area (Å²) in [7, 11) is 0.953. The molecule has 0 spiro atoms. The molecule has 1 atom stereocenters. The Hall–Kier alpha value is -2.83. The van der Waals surface area contributed by atoms with Crippen molar-refractivity contribution in [3.05, 3.63) is 47.5 Å². The Morgan fingerprint density at radius 2 is 1.73 bits per heavy atom. The summed E-state index contributed by atoms with van der Waals surface area (Å²) >= 11 is 0. The molecule has 2 N–H and O–H groups in total. The summed E-state index contributed by atoms with van der Waals surface area (Å²) in [6, 6.07) is 7.45. The Bertz CT molecular complexity index is 1010. The molecular formula is C21H23F3N2O6S. The maximum Gasteiger partial charge on any atom is 0.416 e. The summed E-state index contributed by atoms with van der Waals surface area (Å²) in [5.74, 6) is -0.296. The van der Waals surface area contributed by atoms with E-state index in [4.69, 9.17) is 19.4 Å². The van der Waals surface area contributed by atoms with Crippen molar-refractivity contribution < 1.29 is 41.6 Å². The van der Waals surface area contributed by atoms with E-state index >= 15 is 0 Å². The highest BCUT2D eigenvalue weighted by Gasteiger charge is 2.32. The number of hydrogen-bond donors (Lipinski definition) is 2. The second-order valence-corrected chi connectivity index (χ2v) is 8.59. The summed E-state index contributed by atoms with van der Waals surface area (Å²) in [6.07, 6.45) is -3.73. The highest BCUT2D eigenvalue weighted by molar-refractivity contribution is 7.82. The standard InChI is InChI=1S/C21H23F3N2O6S/c1-30-16-7-8-17(18(19(16)31-2)20(27)25-28)33(29)26-11-9-15(10-12-26)32-14-5-3-13(4-6-14)21(22,23)24/h3-8,15,28H,9-12H2,1-2H3,(H,25,27). The zero-order chi connectivity index (χ0) is 24.2. The fourth-order valence-electron chi connectivity index (χ4n) is 3.50. The Kier molecular flexibility index (Phi) is 7.82. The second kappa shape index (κ2) is 10.4. The van der Waals surface area contributed by atoms with Gasteiger partial charge < -0.3 is 14.2 Å². The third-order valence-electron chi connectivity index (χ3n) is 5.14. The van der Waals surface area contributed by atoms with Gasteiger partial charge in [0.05, 0.1) is 24.7 Å². The Morgan fingerprint density at radius 1 is 1.09 bits per heavy atom. The molecule has 1 amide bonds. The summed E-state index contributed by atoms with van der Waals surface area (Å²) in [6.45, 7) is 0.707. The lowest BCUT2D eigenvalue weighted by Crippen LogP contribution is -2.39. The van der Waals surface area contributed by atoms with Crippen molar-refractivity contribution in [1.82, 2.24) is 9.79 Å². The van der Waals surface area contributed by atoms with Crippen LogP contribution in [0.1, 0.15) is 28.8 Å². The van der Waals surface area contributed by atoms with Gasteiger partial charge in [-0.05, 0) is 49.2 Å². The smallest absolute Gasteiger partial charge is 0.416 e. The van der Waals surface area contributed by atoms with Gasteiger partial charge in [0.2, 0.25) is 0 Å². The van der Waals surface area contributed by atoms with Crippen LogP contribution in [-0.4, -0.2) is 53.0 Å². The van der Waals surface area contributed by atoms with E-state index in [0.29, 0.717) is 31.7 Å². The van der Waals surface area contributed by atoms with Crippen molar-refractivity contribution in [3.63, 3.8) is 0 Å². The number of rotatable bonds is 7. The monoisotopic (exact) mass is 488 g/mol. The van der Waals surface area contributed by atoms with E-state index in [0.717, 1.165) is 12.1 Å². The molecule has 1 aliphatic rings. The molecule has 2 aromatic carbocycles. The molecule has 1 saturated heterocycles. The summed E-state index contributed by atoms with van der Waals surface area (Å²) in [4.78, 5) is 12.4. The molecule has 0 aliphatic carbocycles. The number of amides is 1. The third-order valence-corrected chi connectivity index (χ3v) is 6.69. The van der Waals surface area contributed by atoms with Crippen molar-refractivity contribution in [2.24, 2.45) is 0 Å². The summed E-state index contributed by atoms with van der Waals surface area (Å²) < 4.78 is 69.2. The molecule has 1 aliphatic heterocycles. The molecule has 0 radical (unpaired) electrons. The zero-order valence-electron chi connectivity index (χ0n) is 17.8. The van der Waals surface area contributed by atoms with E-state index in [1.807, 2.05) is 0 Å². The molecule has 1 unspecified atom stereocenters. The number of methoxy groups -OCH3 is 2. The van der Waals surface area contributed by atoms with Gasteiger partial charge in [-0.2, -0.15) is 13.2 Å². The molecule has 0 aromatic heterocycles. The summed E-state index contributed by atoms with van der Waals surface area (Å²) in [5.41, 5.74) is 0.673. The fraction of sp³-hybridized carbons (Fsp3) is 0.381. The van der Waals surface area contributed by atoms with Gasteiger partial charge in [-0.1, -0.05) is 0 Å². The van der Waals surface area contributed by atoms with E-state index in [-0.39, 0.29) is 28.1 Å². The average Bonchev–Trinajstić information content (AvgIpc) is 2.82. The van der Waals surface area contributed by atoms with Gasteiger partial charge in [0.1, 0.15) is 28.4 Å². The quantitative estimate of drug-likeness (QED) is 0.458. The number of alkyl halides is 3. The first-order valence-electron chi connectivity index (χ1n) is 9.89. The van der Waals surface area contributed by atoms with Gasteiger partial charge in [0, 0.05) is 13.1 Å². The van der Waals surface area contributed by atoms with Gasteiger partial charge in [-0.25, -0.2) is 14.0 Å². The van der Waals surface area contributed by atoms with E-state index in [1.165, 1.54) is 44.0 Å². The van der Waals surface area contributed by atoms with Crippen LogP contribution in [0.25, 0.3) is 0 Å². The number of nitrogens with zero attached hydrogens (tertiary/aromatic N) is 1. The molecule has 2 aromatic rings. The number of hydrogen-bond acceptors (Lipinski definition) is 6. The van der Waals surface area contributed by atoms with Gasteiger partial charge in [-0.15, -0.1) is 0 Å². The van der Waals surface area contributed by atoms with Crippen LogP contribution in [0.4, 0.5) is 13.2 Å². The van der Waals surface area contributed by atoms with Crippen LogP contribution < -0.4 is 19.7 Å². The number of hydroxylamine groups is 1. The number of carbonyl (C=O) groups is 1. The highest BCUT2D eigenvalue weighted by atomic mass is 32.2. The predicted octanol–water partition coefficient (Wildman–Crippen LogP) is 3.41.